The van der Waals surface area contributed by atoms with Gasteiger partial charge in [0, 0.05) is 17.4 Å². The molecule has 0 spiro atoms. The molecule has 8 nitrogen and oxygen atoms in total. The highest BCUT2D eigenvalue weighted by Gasteiger charge is 2.26. The van der Waals surface area contributed by atoms with Crippen molar-refractivity contribution in [2.45, 2.75) is 25.7 Å². The lowest BCUT2D eigenvalue weighted by molar-refractivity contribution is 0.182. The smallest absolute Gasteiger partial charge is 0.321 e. The van der Waals surface area contributed by atoms with E-state index < -0.39 is 5.41 Å². The van der Waals surface area contributed by atoms with Crippen molar-refractivity contribution in [3.05, 3.63) is 34.4 Å². The zero-order chi connectivity index (χ0) is 18.7. The number of urea groups is 1. The summed E-state index contributed by atoms with van der Waals surface area (Å²) in [5, 5.41) is 19.2. The van der Waals surface area contributed by atoms with E-state index in [9.17, 15) is 9.90 Å². The molecule has 1 aromatic carbocycles. The summed E-state index contributed by atoms with van der Waals surface area (Å²) in [4.78, 5) is 20.6. The lowest BCUT2D eigenvalue weighted by atomic mass is 9.95. The number of carbonyl (C=O) groups excluding carboxylic acids is 1. The fourth-order valence-electron chi connectivity index (χ4n) is 2.08. The van der Waals surface area contributed by atoms with Crippen molar-refractivity contribution >= 4 is 48.6 Å². The number of halogens is 1. The Kier molecular flexibility index (Phi) is 5.54. The normalized spacial score (nSPS) is 11.7. The van der Waals surface area contributed by atoms with E-state index in [-0.39, 0.29) is 12.6 Å². The van der Waals surface area contributed by atoms with Gasteiger partial charge in [0.2, 0.25) is 5.89 Å². The molecule has 2 heterocycles. The first-order valence-corrected chi connectivity index (χ1v) is 9.53. The van der Waals surface area contributed by atoms with E-state index in [1.165, 1.54) is 11.3 Å². The van der Waals surface area contributed by atoms with Gasteiger partial charge in [-0.25, -0.2) is 9.78 Å². The number of hydrogen-bond donors (Lipinski definition) is 3. The average molecular weight is 440 g/mol. The van der Waals surface area contributed by atoms with Gasteiger partial charge in [0.1, 0.15) is 0 Å². The van der Waals surface area contributed by atoms with Gasteiger partial charge in [0.05, 0.1) is 22.2 Å². The Morgan fingerprint density at radius 2 is 2.19 bits per heavy atom. The maximum absolute atomic E-state index is 12.0. The largest absolute Gasteiger partial charge is 0.395 e. The standard InChI is InChI=1S/C16H18BrN5O3S/c1-16(2,8-23)13-20-12(22-25-13)5-6-18-14(24)21-15-19-10-4-3-9(17)7-11(10)26-15/h3-4,7,23H,5-6,8H2,1-2H3,(H2,18,19,21,24). The summed E-state index contributed by atoms with van der Waals surface area (Å²) in [6, 6.07) is 5.41. The van der Waals surface area contributed by atoms with Crippen LogP contribution in [0.25, 0.3) is 10.2 Å². The number of fused-ring (bicyclic) bond motifs is 1. The van der Waals surface area contributed by atoms with Crippen LogP contribution >= 0.6 is 27.3 Å². The molecule has 0 aliphatic carbocycles. The second-order valence-electron chi connectivity index (χ2n) is 6.32. The number of hydrogen-bond acceptors (Lipinski definition) is 7. The third kappa shape index (κ3) is 4.37. The molecule has 138 valence electrons. The van der Waals surface area contributed by atoms with Gasteiger partial charge >= 0.3 is 6.03 Å². The summed E-state index contributed by atoms with van der Waals surface area (Å²) in [7, 11) is 0. The Labute approximate surface area is 162 Å². The van der Waals surface area contributed by atoms with Crippen LogP contribution in [0.4, 0.5) is 9.93 Å². The molecule has 0 saturated heterocycles. The molecule has 0 fully saturated rings. The molecule has 0 saturated carbocycles. The summed E-state index contributed by atoms with van der Waals surface area (Å²) in [6.45, 7) is 3.88. The number of aromatic nitrogens is 3. The van der Waals surface area contributed by atoms with Crippen LogP contribution in [0.15, 0.2) is 27.2 Å². The molecule has 2 aromatic heterocycles. The minimum absolute atomic E-state index is 0.0893. The summed E-state index contributed by atoms with van der Waals surface area (Å²) in [6.07, 6.45) is 0.422. The van der Waals surface area contributed by atoms with E-state index in [2.05, 4.69) is 41.7 Å². The predicted molar refractivity (Wildman–Crippen MR) is 102 cm³/mol. The predicted octanol–water partition coefficient (Wildman–Crippen LogP) is 3.08. The van der Waals surface area contributed by atoms with Crippen molar-refractivity contribution in [2.24, 2.45) is 0 Å². The van der Waals surface area contributed by atoms with E-state index in [4.69, 9.17) is 4.52 Å². The number of aliphatic hydroxyl groups excluding tert-OH is 1. The van der Waals surface area contributed by atoms with Gasteiger partial charge in [-0.2, -0.15) is 4.98 Å². The molecule has 3 rings (SSSR count). The zero-order valence-corrected chi connectivity index (χ0v) is 16.6. The number of aliphatic hydroxyl groups is 1. The lowest BCUT2D eigenvalue weighted by Gasteiger charge is -2.14. The number of nitrogens with one attached hydrogen (secondary N) is 2. The molecule has 3 N–H and O–H groups in total. The van der Waals surface area contributed by atoms with Gasteiger partial charge in [-0.3, -0.25) is 5.32 Å². The van der Waals surface area contributed by atoms with E-state index in [0.717, 1.165) is 14.7 Å². The van der Waals surface area contributed by atoms with Gasteiger partial charge < -0.3 is 14.9 Å². The van der Waals surface area contributed by atoms with Crippen LogP contribution in [0.1, 0.15) is 25.6 Å². The number of nitrogens with zero attached hydrogens (tertiary/aromatic N) is 3. The van der Waals surface area contributed by atoms with Crippen LogP contribution in [-0.4, -0.2) is 39.4 Å². The summed E-state index contributed by atoms with van der Waals surface area (Å²) >= 11 is 4.81. The van der Waals surface area contributed by atoms with Crippen LogP contribution in [-0.2, 0) is 11.8 Å². The molecule has 10 heteroatoms. The van der Waals surface area contributed by atoms with Crippen LogP contribution in [0, 0.1) is 0 Å². The second kappa shape index (κ2) is 7.68. The maximum atomic E-state index is 12.0. The Balaban J connectivity index is 1.51. The minimum atomic E-state index is -0.585. The maximum Gasteiger partial charge on any atom is 0.321 e. The van der Waals surface area contributed by atoms with Crippen molar-refractivity contribution < 1.29 is 14.4 Å². The van der Waals surface area contributed by atoms with E-state index >= 15 is 0 Å². The summed E-state index contributed by atoms with van der Waals surface area (Å²) in [5.41, 5.74) is 0.247. The summed E-state index contributed by atoms with van der Waals surface area (Å²) < 4.78 is 7.11. The number of amides is 2. The highest BCUT2D eigenvalue weighted by atomic mass is 79.9. The van der Waals surface area contributed by atoms with Crippen LogP contribution < -0.4 is 10.6 Å². The quantitative estimate of drug-likeness (QED) is 0.543. The number of benzene rings is 1. The van der Waals surface area contributed by atoms with Crippen molar-refractivity contribution in [3.8, 4) is 0 Å². The monoisotopic (exact) mass is 439 g/mol. The van der Waals surface area contributed by atoms with Gasteiger partial charge in [-0.1, -0.05) is 32.4 Å². The molecule has 0 unspecified atom stereocenters. The Morgan fingerprint density at radius 3 is 2.96 bits per heavy atom. The van der Waals surface area contributed by atoms with Gasteiger partial charge in [-0.15, -0.1) is 0 Å². The number of thiazole rings is 1. The average Bonchev–Trinajstić information content (AvgIpc) is 3.21. The number of carbonyl (C=O) groups is 1. The van der Waals surface area contributed by atoms with Gasteiger partial charge in [0.25, 0.3) is 0 Å². The van der Waals surface area contributed by atoms with Gasteiger partial charge in [0.15, 0.2) is 11.0 Å². The third-order valence-corrected chi connectivity index (χ3v) is 5.07. The van der Waals surface area contributed by atoms with E-state index in [1.807, 2.05) is 32.0 Å². The molecule has 26 heavy (non-hydrogen) atoms. The fraction of sp³-hybridized carbons (Fsp3) is 0.375. The van der Waals surface area contributed by atoms with Crippen LogP contribution in [0.2, 0.25) is 0 Å². The van der Waals surface area contributed by atoms with Crippen molar-refractivity contribution in [1.82, 2.24) is 20.4 Å². The van der Waals surface area contributed by atoms with Gasteiger partial charge in [-0.05, 0) is 32.0 Å². The summed E-state index contributed by atoms with van der Waals surface area (Å²) in [5.74, 6) is 0.853. The van der Waals surface area contributed by atoms with Crippen molar-refractivity contribution in [3.63, 3.8) is 0 Å². The Bertz CT molecular complexity index is 924. The first-order valence-electron chi connectivity index (χ1n) is 7.92. The van der Waals surface area contributed by atoms with Crippen LogP contribution in [0.3, 0.4) is 0 Å². The number of anilines is 1. The molecule has 0 aliphatic rings. The fourth-order valence-corrected chi connectivity index (χ4v) is 3.49. The lowest BCUT2D eigenvalue weighted by Crippen LogP contribution is -2.30. The third-order valence-electron chi connectivity index (χ3n) is 3.65. The molecule has 0 aliphatic heterocycles. The molecular weight excluding hydrogens is 422 g/mol. The highest BCUT2D eigenvalue weighted by Crippen LogP contribution is 2.28. The van der Waals surface area contributed by atoms with E-state index in [1.54, 1.807) is 0 Å². The SMILES string of the molecule is CC(C)(CO)c1nc(CCNC(=O)Nc2nc3ccc(Br)cc3s2)no1. The molecule has 0 bridgehead atoms. The van der Waals surface area contributed by atoms with Crippen LogP contribution in [0.5, 0.6) is 0 Å². The molecule has 3 aromatic rings. The Hall–Kier alpha value is -2.04. The second-order valence-corrected chi connectivity index (χ2v) is 8.27. The molecule has 0 radical (unpaired) electrons. The zero-order valence-electron chi connectivity index (χ0n) is 14.2. The first kappa shape index (κ1) is 18.7. The molecule has 0 atom stereocenters. The minimum Gasteiger partial charge on any atom is -0.395 e. The highest BCUT2D eigenvalue weighted by molar-refractivity contribution is 9.10. The van der Waals surface area contributed by atoms with Crippen molar-refractivity contribution in [1.29, 1.82) is 0 Å². The molecule has 2 amide bonds. The topological polar surface area (TPSA) is 113 Å². The molecular formula is C16H18BrN5O3S. The first-order chi connectivity index (χ1) is 12.4. The van der Waals surface area contributed by atoms with E-state index in [0.29, 0.717) is 29.8 Å². The number of rotatable bonds is 6. The Morgan fingerprint density at radius 1 is 1.38 bits per heavy atom. The van der Waals surface area contributed by atoms with Crippen molar-refractivity contribution in [2.75, 3.05) is 18.5 Å².